The Hall–Kier alpha value is -3.15. The lowest BCUT2D eigenvalue weighted by atomic mass is 10.1. The van der Waals surface area contributed by atoms with Crippen molar-refractivity contribution in [2.45, 2.75) is 49.5 Å². The number of amides is 3. The largest absolute Gasteiger partial charge is 0.534 e. The number of hydrogen-bond donors (Lipinski definition) is 3. The molecule has 0 aromatic heterocycles. The Morgan fingerprint density at radius 3 is 2.19 bits per heavy atom. The maximum Gasteiger partial charge on any atom is 0.534 e. The summed E-state index contributed by atoms with van der Waals surface area (Å²) in [5.41, 5.74) is 11.0. The molecule has 5 N–H and O–H groups in total. The molecule has 43 heavy (non-hydrogen) atoms. The molecule has 0 spiro atoms. The zero-order valence-electron chi connectivity index (χ0n) is 24.2. The third kappa shape index (κ3) is 13.8. The minimum atomic E-state index is -4.04. The first-order chi connectivity index (χ1) is 20.7. The number of benzene rings is 1. The number of hydrogen-bond acceptors (Lipinski definition) is 13. The van der Waals surface area contributed by atoms with E-state index in [-0.39, 0.29) is 42.9 Å². The Morgan fingerprint density at radius 1 is 0.884 bits per heavy atom. The molecular formula is C27H42N4O11S. The summed E-state index contributed by atoms with van der Waals surface area (Å²) in [5.74, 6) is -2.48. The Balaban J connectivity index is 1.88. The predicted molar refractivity (Wildman–Crippen MR) is 152 cm³/mol. The molecule has 1 saturated heterocycles. The lowest BCUT2D eigenvalue weighted by Crippen LogP contribution is -2.35. The fraction of sp³-hybridized carbons (Fsp3) is 0.630. The highest BCUT2D eigenvalue weighted by Crippen LogP contribution is 2.19. The average molecular weight is 631 g/mol. The lowest BCUT2D eigenvalue weighted by Gasteiger charge is -2.19. The van der Waals surface area contributed by atoms with Crippen molar-refractivity contribution in [3.8, 4) is 0 Å². The molecule has 0 radical (unpaired) electrons. The van der Waals surface area contributed by atoms with Crippen molar-refractivity contribution in [1.82, 2.24) is 10.4 Å². The summed E-state index contributed by atoms with van der Waals surface area (Å²) in [6, 6.07) is 5.47. The molecule has 0 aliphatic carbocycles. The van der Waals surface area contributed by atoms with E-state index in [4.69, 9.17) is 35.3 Å². The highest BCUT2D eigenvalue weighted by molar-refractivity contribution is 7.91. The van der Waals surface area contributed by atoms with Crippen LogP contribution in [0.3, 0.4) is 0 Å². The van der Waals surface area contributed by atoms with Gasteiger partial charge in [0.25, 0.3) is 17.7 Å². The predicted octanol–water partition coefficient (Wildman–Crippen LogP) is 0.304. The summed E-state index contributed by atoms with van der Waals surface area (Å²) in [6.45, 7) is 3.36. The zero-order valence-corrected chi connectivity index (χ0v) is 25.0. The van der Waals surface area contributed by atoms with Crippen LogP contribution < -0.4 is 16.8 Å². The normalized spacial score (nSPS) is 14.1. The number of ether oxygens (including phenoxy) is 4. The van der Waals surface area contributed by atoms with E-state index in [1.54, 1.807) is 0 Å². The first kappa shape index (κ1) is 36.0. The molecule has 1 unspecified atom stereocenters. The molecule has 2 rings (SSSR count). The molecule has 1 atom stereocenters. The number of hydroxylamine groups is 2. The molecule has 0 bridgehead atoms. The molecule has 3 amide bonds. The number of nitrogens with two attached hydrogens (primary N) is 2. The smallest absolute Gasteiger partial charge is 0.428 e. The topological polar surface area (TPSA) is 216 Å². The second-order valence-corrected chi connectivity index (χ2v) is 11.5. The van der Waals surface area contributed by atoms with Gasteiger partial charge in [-0.1, -0.05) is 17.6 Å². The van der Waals surface area contributed by atoms with Gasteiger partial charge in [-0.2, -0.15) is 0 Å². The first-order valence-corrected chi connectivity index (χ1v) is 15.8. The molecule has 15 nitrogen and oxygen atoms in total. The Labute approximate surface area is 251 Å². The minimum absolute atomic E-state index is 0.0959. The van der Waals surface area contributed by atoms with Crippen molar-refractivity contribution in [2.75, 3.05) is 65.0 Å². The molecule has 1 heterocycles. The van der Waals surface area contributed by atoms with Gasteiger partial charge in [0.05, 0.1) is 50.3 Å². The fourth-order valence-electron chi connectivity index (χ4n) is 3.90. The van der Waals surface area contributed by atoms with Crippen molar-refractivity contribution in [3.05, 3.63) is 29.8 Å². The molecule has 242 valence electrons. The van der Waals surface area contributed by atoms with Crippen LogP contribution >= 0.6 is 0 Å². The van der Waals surface area contributed by atoms with Gasteiger partial charge < -0.3 is 35.7 Å². The van der Waals surface area contributed by atoms with E-state index in [2.05, 4.69) is 5.32 Å². The summed E-state index contributed by atoms with van der Waals surface area (Å²) < 4.78 is 47.6. The van der Waals surface area contributed by atoms with E-state index in [0.29, 0.717) is 70.4 Å². The number of nitrogens with zero attached hydrogens (tertiary/aromatic N) is 1. The molecule has 0 saturated carbocycles. The van der Waals surface area contributed by atoms with Gasteiger partial charge in [0.1, 0.15) is 6.10 Å². The van der Waals surface area contributed by atoms with E-state index in [9.17, 15) is 27.6 Å². The van der Waals surface area contributed by atoms with Crippen LogP contribution in [0.25, 0.3) is 0 Å². The van der Waals surface area contributed by atoms with Crippen LogP contribution in [0.5, 0.6) is 0 Å². The van der Waals surface area contributed by atoms with Crippen LogP contribution in [0.4, 0.5) is 4.79 Å². The Morgan fingerprint density at radius 2 is 1.53 bits per heavy atom. The van der Waals surface area contributed by atoms with Gasteiger partial charge in [0, 0.05) is 31.5 Å². The van der Waals surface area contributed by atoms with Crippen LogP contribution in [-0.4, -0.2) is 108 Å². The number of carbonyl (C=O) groups is 4. The number of carbonyl (C=O) groups excluding carboxylic acids is 4. The second kappa shape index (κ2) is 19.9. The third-order valence-electron chi connectivity index (χ3n) is 6.06. The van der Waals surface area contributed by atoms with E-state index in [1.165, 1.54) is 24.3 Å². The lowest BCUT2D eigenvalue weighted by molar-refractivity contribution is -0.178. The molecule has 16 heteroatoms. The number of nitrogens with one attached hydrogen (secondary N) is 1. The van der Waals surface area contributed by atoms with Crippen LogP contribution in [0.1, 0.15) is 48.9 Å². The number of unbranched alkanes of at least 4 members (excludes halogenated alkanes) is 2. The molecule has 1 aromatic rings. The van der Waals surface area contributed by atoms with Crippen molar-refractivity contribution in [1.29, 1.82) is 0 Å². The van der Waals surface area contributed by atoms with Crippen LogP contribution in [0, 0.1) is 0 Å². The van der Waals surface area contributed by atoms with Gasteiger partial charge in [-0.15, -0.1) is 0 Å². The van der Waals surface area contributed by atoms with Crippen molar-refractivity contribution < 1.29 is 51.4 Å². The fourth-order valence-corrected chi connectivity index (χ4v) is 5.40. The van der Waals surface area contributed by atoms with Gasteiger partial charge in [-0.25, -0.2) is 13.2 Å². The molecule has 1 aliphatic rings. The SMILES string of the molecule is NCCCCCC(CS(=O)(=O)c1cccc(C(=O)NCCOCCOCCOCCN)c1)OC(=O)ON1C(=O)CCC1=O. The van der Waals surface area contributed by atoms with Crippen LogP contribution in [0.2, 0.25) is 0 Å². The highest BCUT2D eigenvalue weighted by atomic mass is 32.2. The van der Waals surface area contributed by atoms with E-state index in [1.807, 2.05) is 0 Å². The maximum atomic E-state index is 13.2. The zero-order chi connectivity index (χ0) is 31.5. The standard InChI is InChI=1S/C27H42N4O11S/c28-10-3-1-2-6-22(41-27(35)42-31-24(32)8-9-25(31)33)20-43(36,37)23-7-4-5-21(19-23)26(34)30-12-14-39-16-18-40-17-15-38-13-11-29/h4-5,7,19,22H,1-3,6,8-18,20,28-29H2,(H,30,34). The summed E-state index contributed by atoms with van der Waals surface area (Å²) in [7, 11) is -4.04. The molecule has 1 aliphatic heterocycles. The maximum absolute atomic E-state index is 13.2. The van der Waals surface area contributed by atoms with E-state index in [0.717, 1.165) is 0 Å². The summed E-state index contributed by atoms with van der Waals surface area (Å²) in [4.78, 5) is 53.0. The van der Waals surface area contributed by atoms with Gasteiger partial charge in [-0.3, -0.25) is 19.2 Å². The van der Waals surface area contributed by atoms with Gasteiger partial charge in [0.15, 0.2) is 9.84 Å². The first-order valence-electron chi connectivity index (χ1n) is 14.2. The number of rotatable bonds is 22. The Bertz CT molecular complexity index is 1130. The number of sulfone groups is 1. The van der Waals surface area contributed by atoms with Crippen molar-refractivity contribution >= 4 is 33.7 Å². The summed E-state index contributed by atoms with van der Waals surface area (Å²) in [5, 5.41) is 2.99. The molecular weight excluding hydrogens is 588 g/mol. The molecule has 1 aromatic carbocycles. The minimum Gasteiger partial charge on any atom is -0.428 e. The third-order valence-corrected chi connectivity index (χ3v) is 7.85. The van der Waals surface area contributed by atoms with Crippen LogP contribution in [-0.2, 0) is 43.2 Å². The van der Waals surface area contributed by atoms with E-state index < -0.39 is 45.6 Å². The number of imide groups is 1. The van der Waals surface area contributed by atoms with Crippen molar-refractivity contribution in [3.63, 3.8) is 0 Å². The second-order valence-electron chi connectivity index (χ2n) is 9.49. The quantitative estimate of drug-likeness (QED) is 0.0894. The average Bonchev–Trinajstić information content (AvgIpc) is 3.29. The van der Waals surface area contributed by atoms with E-state index >= 15 is 0 Å². The summed E-state index contributed by atoms with van der Waals surface area (Å²) in [6.07, 6.45) is -0.646. The van der Waals surface area contributed by atoms with Crippen LogP contribution in [0.15, 0.2) is 29.2 Å². The van der Waals surface area contributed by atoms with Gasteiger partial charge in [-0.05, 0) is 44.0 Å². The van der Waals surface area contributed by atoms with Gasteiger partial charge in [0.2, 0.25) is 0 Å². The monoisotopic (exact) mass is 630 g/mol. The summed E-state index contributed by atoms with van der Waals surface area (Å²) >= 11 is 0. The Kier molecular flexibility index (Phi) is 16.7. The molecule has 1 fully saturated rings. The van der Waals surface area contributed by atoms with Gasteiger partial charge >= 0.3 is 6.16 Å². The van der Waals surface area contributed by atoms with Crippen molar-refractivity contribution in [2.24, 2.45) is 11.5 Å². The highest BCUT2D eigenvalue weighted by Gasteiger charge is 2.34.